The van der Waals surface area contributed by atoms with Crippen molar-refractivity contribution in [1.82, 2.24) is 5.16 Å². The summed E-state index contributed by atoms with van der Waals surface area (Å²) in [6.45, 7) is 0.234. The molecule has 7 rings (SSSR count). The molecule has 0 spiro atoms. The molecule has 2 aromatic carbocycles. The molecule has 44 heavy (non-hydrogen) atoms. The molecular weight excluding hydrogens is 629 g/mol. The van der Waals surface area contributed by atoms with Crippen molar-refractivity contribution in [3.63, 3.8) is 0 Å². The molecule has 2 heterocycles. The average Bonchev–Trinajstić information content (AvgIpc) is 3.28. The Morgan fingerprint density at radius 1 is 1.02 bits per heavy atom. The van der Waals surface area contributed by atoms with Crippen molar-refractivity contribution < 1.29 is 32.0 Å². The molecule has 3 saturated carbocycles. The Hall–Kier alpha value is -2.96. The average molecular weight is 661 g/mol. The van der Waals surface area contributed by atoms with Crippen LogP contribution in [0.4, 0.5) is 5.69 Å². The fraction of sp³-hybridized carbons (Fsp3) is 0.452. The number of esters is 1. The number of primary sulfonamides is 1. The van der Waals surface area contributed by atoms with Crippen LogP contribution >= 0.6 is 23.2 Å². The van der Waals surface area contributed by atoms with Crippen molar-refractivity contribution in [2.75, 3.05) is 4.90 Å². The maximum Gasteiger partial charge on any atom is 0.338 e. The van der Waals surface area contributed by atoms with E-state index in [0.717, 1.165) is 24.2 Å². The fourth-order valence-corrected chi connectivity index (χ4v) is 8.62. The topological polar surface area (TPSA) is 142 Å². The number of aromatic nitrogens is 1. The largest absolute Gasteiger partial charge is 0.457 e. The number of ether oxygens (including phenoxy) is 2. The summed E-state index contributed by atoms with van der Waals surface area (Å²) in [5, 5.41) is 9.71. The molecule has 232 valence electrons. The minimum absolute atomic E-state index is 0.0226. The second-order valence-corrected chi connectivity index (χ2v) is 14.7. The molecule has 2 N–H and O–H groups in total. The van der Waals surface area contributed by atoms with Gasteiger partial charge in [0.1, 0.15) is 22.8 Å². The molecule has 1 aromatic heterocycles. The van der Waals surface area contributed by atoms with Crippen LogP contribution < -0.4 is 10.0 Å². The maximum absolute atomic E-state index is 13.5. The van der Waals surface area contributed by atoms with Gasteiger partial charge < -0.3 is 18.9 Å². The zero-order chi connectivity index (χ0) is 30.7. The van der Waals surface area contributed by atoms with Gasteiger partial charge in [-0.2, -0.15) is 0 Å². The predicted molar refractivity (Wildman–Crippen MR) is 163 cm³/mol. The van der Waals surface area contributed by atoms with Crippen LogP contribution in [-0.4, -0.2) is 49.0 Å². The van der Waals surface area contributed by atoms with Gasteiger partial charge in [0.05, 0.1) is 34.2 Å². The van der Waals surface area contributed by atoms with Crippen molar-refractivity contribution in [3.8, 4) is 11.3 Å². The van der Waals surface area contributed by atoms with Crippen molar-refractivity contribution in [1.29, 1.82) is 0 Å². The summed E-state index contributed by atoms with van der Waals surface area (Å²) >= 11 is 13.0. The highest BCUT2D eigenvalue weighted by atomic mass is 35.5. The lowest BCUT2D eigenvalue weighted by Gasteiger charge is -2.31. The molecule has 1 amide bonds. The first-order valence-corrected chi connectivity index (χ1v) is 17.2. The summed E-state index contributed by atoms with van der Waals surface area (Å²) in [6.07, 6.45) is 3.81. The zero-order valence-corrected chi connectivity index (χ0v) is 26.0. The Kier molecular flexibility index (Phi) is 7.73. The molecule has 1 unspecified atom stereocenters. The standard InChI is InChI=1S/C31H31Cl2N3O7S/c32-22-3-1-4-23(33)27(22)28-21(29(43-35-28)16-7-8-16)15-41-25-14-19-13-20(25)30(37)36(19)18-11-9-17(10-12-18)31(38)42-24-5-2-6-26(24)44(34,39)40/h1,3-4,9-12,16,19-20,24-26H,2,5-8,13-15H2,(H2,34,39,40)/t19-,20+,24+,25+,26?/m0/s1. The Morgan fingerprint density at radius 2 is 1.75 bits per heavy atom. The number of amides is 1. The number of nitrogens with two attached hydrogens (primary N) is 1. The number of piperidine rings is 1. The van der Waals surface area contributed by atoms with Crippen LogP contribution in [0.15, 0.2) is 47.0 Å². The highest BCUT2D eigenvalue weighted by Gasteiger charge is 2.52. The van der Waals surface area contributed by atoms with E-state index in [4.69, 9.17) is 42.3 Å². The zero-order valence-electron chi connectivity index (χ0n) is 23.7. The van der Waals surface area contributed by atoms with Gasteiger partial charge in [0.25, 0.3) is 0 Å². The molecule has 4 fully saturated rings. The van der Waals surface area contributed by atoms with E-state index in [1.54, 1.807) is 47.4 Å². The van der Waals surface area contributed by atoms with Gasteiger partial charge in [-0.3, -0.25) is 4.79 Å². The third-order valence-corrected chi connectivity index (χ3v) is 11.3. The van der Waals surface area contributed by atoms with E-state index in [9.17, 15) is 18.0 Å². The molecular formula is C31H31Cl2N3O7S. The molecule has 2 bridgehead atoms. The van der Waals surface area contributed by atoms with Gasteiger partial charge in [0.15, 0.2) is 0 Å². The van der Waals surface area contributed by atoms with Crippen LogP contribution in [0.2, 0.25) is 10.0 Å². The van der Waals surface area contributed by atoms with E-state index in [1.165, 1.54) is 0 Å². The molecule has 3 aromatic rings. The monoisotopic (exact) mass is 659 g/mol. The smallest absolute Gasteiger partial charge is 0.338 e. The number of halogens is 2. The number of carbonyl (C=O) groups excluding carboxylic acids is 2. The van der Waals surface area contributed by atoms with Crippen LogP contribution in [0.5, 0.6) is 0 Å². The van der Waals surface area contributed by atoms with Crippen molar-refractivity contribution in [2.24, 2.45) is 11.1 Å². The van der Waals surface area contributed by atoms with Gasteiger partial charge in [-0.05, 0) is 81.3 Å². The van der Waals surface area contributed by atoms with Crippen LogP contribution in [-0.2, 0) is 30.9 Å². The van der Waals surface area contributed by atoms with Crippen LogP contribution in [0.3, 0.4) is 0 Å². The van der Waals surface area contributed by atoms with Crippen molar-refractivity contribution in [2.45, 2.75) is 81.0 Å². The molecule has 0 radical (unpaired) electrons. The fourth-order valence-electron chi connectivity index (χ4n) is 6.93. The minimum atomic E-state index is -3.80. The summed E-state index contributed by atoms with van der Waals surface area (Å²) in [7, 11) is -3.80. The van der Waals surface area contributed by atoms with E-state index in [2.05, 4.69) is 5.16 Å². The summed E-state index contributed by atoms with van der Waals surface area (Å²) in [4.78, 5) is 28.0. The number of carbonyl (C=O) groups is 2. The van der Waals surface area contributed by atoms with Gasteiger partial charge >= 0.3 is 5.97 Å². The summed E-state index contributed by atoms with van der Waals surface area (Å²) in [5.41, 5.74) is 2.98. The minimum Gasteiger partial charge on any atom is -0.457 e. The lowest BCUT2D eigenvalue weighted by Crippen LogP contribution is -2.43. The van der Waals surface area contributed by atoms with E-state index >= 15 is 0 Å². The number of fused-ring (bicyclic) bond motifs is 2. The Morgan fingerprint density at radius 3 is 2.41 bits per heavy atom. The quantitative estimate of drug-likeness (QED) is 0.292. The lowest BCUT2D eigenvalue weighted by atomic mass is 10.0. The number of rotatable bonds is 9. The highest BCUT2D eigenvalue weighted by Crippen LogP contribution is 2.47. The maximum atomic E-state index is 13.5. The molecule has 10 nitrogen and oxygen atoms in total. The van der Waals surface area contributed by atoms with E-state index in [0.29, 0.717) is 65.0 Å². The van der Waals surface area contributed by atoms with E-state index < -0.39 is 27.3 Å². The number of hydrogen-bond acceptors (Lipinski definition) is 8. The lowest BCUT2D eigenvalue weighted by molar-refractivity contribution is -0.126. The number of benzene rings is 2. The van der Waals surface area contributed by atoms with Crippen LogP contribution in [0.1, 0.15) is 72.5 Å². The molecule has 5 atom stereocenters. The molecule has 4 aliphatic rings. The normalized spacial score (nSPS) is 26.5. The van der Waals surface area contributed by atoms with Crippen molar-refractivity contribution in [3.05, 3.63) is 69.4 Å². The second kappa shape index (κ2) is 11.4. The van der Waals surface area contributed by atoms with Gasteiger partial charge in [-0.1, -0.05) is 34.4 Å². The van der Waals surface area contributed by atoms with Gasteiger partial charge in [-0.25, -0.2) is 18.4 Å². The predicted octanol–water partition coefficient (Wildman–Crippen LogP) is 5.60. The Balaban J connectivity index is 1.01. The van der Waals surface area contributed by atoms with E-state index in [1.807, 2.05) is 0 Å². The second-order valence-electron chi connectivity index (χ2n) is 12.1. The number of hydrogen-bond donors (Lipinski definition) is 1. The number of nitrogens with zero attached hydrogens (tertiary/aromatic N) is 2. The molecule has 1 aliphatic heterocycles. The van der Waals surface area contributed by atoms with Crippen molar-refractivity contribution >= 4 is 50.8 Å². The first kappa shape index (κ1) is 29.7. The summed E-state index contributed by atoms with van der Waals surface area (Å²) < 4.78 is 41.3. The van der Waals surface area contributed by atoms with Gasteiger partial charge in [0, 0.05) is 28.8 Å². The first-order valence-electron chi connectivity index (χ1n) is 14.8. The highest BCUT2D eigenvalue weighted by molar-refractivity contribution is 7.89. The Labute approximate surface area is 264 Å². The first-order chi connectivity index (χ1) is 21.1. The van der Waals surface area contributed by atoms with Crippen LogP contribution in [0, 0.1) is 5.92 Å². The number of sulfonamides is 1. The van der Waals surface area contributed by atoms with Gasteiger partial charge in [-0.15, -0.1) is 0 Å². The SMILES string of the molecule is NS(=O)(=O)C1CCC[C@H]1OC(=O)c1ccc(N2C(=O)[C@@H]3C[C@H]2C[C@H]3OCc2c(-c3c(Cl)cccc3Cl)noc2C2CC2)cc1. The van der Waals surface area contributed by atoms with Crippen LogP contribution in [0.25, 0.3) is 11.3 Å². The molecule has 13 heteroatoms. The number of anilines is 1. The third kappa shape index (κ3) is 5.43. The van der Waals surface area contributed by atoms with Gasteiger partial charge in [0.2, 0.25) is 15.9 Å². The summed E-state index contributed by atoms with van der Waals surface area (Å²) in [6, 6.07) is 11.9. The summed E-state index contributed by atoms with van der Waals surface area (Å²) in [5.74, 6) is 0.154. The Bertz CT molecular complexity index is 1700. The van der Waals surface area contributed by atoms with E-state index in [-0.39, 0.29) is 36.1 Å². The molecule has 1 saturated heterocycles. The third-order valence-electron chi connectivity index (χ3n) is 9.26. The molecule has 3 aliphatic carbocycles.